The number of likely N-dealkylation sites (tertiary alicyclic amines) is 1. The van der Waals surface area contributed by atoms with E-state index >= 15 is 0 Å². The molecular weight excluding hydrogens is 276 g/mol. The molecule has 1 aromatic rings. The number of hydrogen-bond donors (Lipinski definition) is 1. The minimum Gasteiger partial charge on any atom is -0.490 e. The summed E-state index contributed by atoms with van der Waals surface area (Å²) in [5, 5.41) is 0. The average molecular weight is 300 g/mol. The molecule has 1 saturated heterocycles. The predicted molar refractivity (Wildman–Crippen MR) is 84.8 cm³/mol. The fourth-order valence-corrected chi connectivity index (χ4v) is 3.63. The molecule has 0 spiro atoms. The van der Waals surface area contributed by atoms with Crippen LogP contribution in [0.3, 0.4) is 0 Å². The van der Waals surface area contributed by atoms with Gasteiger partial charge in [-0.1, -0.05) is 12.1 Å². The lowest BCUT2D eigenvalue weighted by Crippen LogP contribution is -2.33. The summed E-state index contributed by atoms with van der Waals surface area (Å²) in [6.07, 6.45) is 6.27. The average Bonchev–Trinajstić information content (AvgIpc) is 3.25. The van der Waals surface area contributed by atoms with Crippen LogP contribution in [0.4, 0.5) is 0 Å². The molecule has 2 unspecified atom stereocenters. The van der Waals surface area contributed by atoms with Gasteiger partial charge in [0.1, 0.15) is 5.75 Å². The zero-order chi connectivity index (χ0) is 15.1. The van der Waals surface area contributed by atoms with Crippen molar-refractivity contribution >= 4 is 5.91 Å². The van der Waals surface area contributed by atoms with E-state index in [1.165, 1.54) is 19.3 Å². The lowest BCUT2D eigenvalue weighted by atomic mass is 9.96. The maximum atomic E-state index is 12.9. The van der Waals surface area contributed by atoms with Crippen molar-refractivity contribution in [1.29, 1.82) is 0 Å². The van der Waals surface area contributed by atoms with Crippen molar-refractivity contribution in [2.75, 3.05) is 13.1 Å². The second kappa shape index (κ2) is 5.58. The first-order chi connectivity index (χ1) is 10.7. The van der Waals surface area contributed by atoms with Crippen molar-refractivity contribution in [2.45, 2.75) is 44.2 Å². The van der Waals surface area contributed by atoms with Crippen molar-refractivity contribution in [3.63, 3.8) is 0 Å². The molecule has 1 heterocycles. The van der Waals surface area contributed by atoms with Crippen molar-refractivity contribution in [1.82, 2.24) is 4.90 Å². The largest absolute Gasteiger partial charge is 0.490 e. The maximum absolute atomic E-state index is 12.9. The molecule has 4 nitrogen and oxygen atoms in total. The van der Waals surface area contributed by atoms with Gasteiger partial charge in [-0.05, 0) is 56.1 Å². The van der Waals surface area contributed by atoms with Crippen molar-refractivity contribution in [3.05, 3.63) is 29.8 Å². The van der Waals surface area contributed by atoms with Crippen LogP contribution in [-0.4, -0.2) is 36.0 Å². The number of ether oxygens (including phenoxy) is 1. The second-order valence-corrected chi connectivity index (χ2v) is 7.04. The summed E-state index contributed by atoms with van der Waals surface area (Å²) in [6, 6.07) is 7.78. The fourth-order valence-electron chi connectivity index (χ4n) is 3.63. The number of rotatable bonds is 4. The highest BCUT2D eigenvalue weighted by Gasteiger charge is 2.42. The van der Waals surface area contributed by atoms with Crippen LogP contribution in [0.15, 0.2) is 24.3 Å². The van der Waals surface area contributed by atoms with Crippen LogP contribution in [0.1, 0.15) is 42.5 Å². The first-order valence-corrected chi connectivity index (χ1v) is 8.53. The molecule has 1 amide bonds. The monoisotopic (exact) mass is 300 g/mol. The molecule has 22 heavy (non-hydrogen) atoms. The van der Waals surface area contributed by atoms with Crippen LogP contribution < -0.4 is 10.5 Å². The summed E-state index contributed by atoms with van der Waals surface area (Å²) >= 11 is 0. The van der Waals surface area contributed by atoms with Gasteiger partial charge in [0.15, 0.2) is 0 Å². The van der Waals surface area contributed by atoms with Crippen LogP contribution in [0.2, 0.25) is 0 Å². The van der Waals surface area contributed by atoms with Crippen LogP contribution >= 0.6 is 0 Å². The van der Waals surface area contributed by atoms with E-state index in [-0.39, 0.29) is 18.1 Å². The number of carbonyl (C=O) groups excluding carboxylic acids is 1. The molecule has 2 atom stereocenters. The Bertz CT molecular complexity index is 566. The van der Waals surface area contributed by atoms with Crippen molar-refractivity contribution in [2.24, 2.45) is 17.6 Å². The molecule has 0 aromatic heterocycles. The molecule has 3 aliphatic rings. The first kappa shape index (κ1) is 14.1. The lowest BCUT2D eigenvalue weighted by molar-refractivity contribution is 0.0766. The van der Waals surface area contributed by atoms with Crippen LogP contribution in [0.5, 0.6) is 5.75 Å². The number of para-hydroxylation sites is 1. The van der Waals surface area contributed by atoms with E-state index in [0.717, 1.165) is 31.1 Å². The highest BCUT2D eigenvalue weighted by molar-refractivity contribution is 5.97. The van der Waals surface area contributed by atoms with E-state index in [4.69, 9.17) is 10.5 Å². The van der Waals surface area contributed by atoms with Crippen LogP contribution in [0.25, 0.3) is 0 Å². The molecular formula is C18H24N2O2. The van der Waals surface area contributed by atoms with Gasteiger partial charge in [-0.3, -0.25) is 4.79 Å². The standard InChI is InChI=1S/C18H24N2O2/c19-16-11-20(10-15(16)12-8-9-12)18(21)14-6-1-2-7-17(14)22-13-4-3-5-13/h1-2,6-7,12-13,15-16H,3-5,8-11,19H2. The van der Waals surface area contributed by atoms with E-state index in [1.54, 1.807) is 0 Å². The molecule has 0 radical (unpaired) electrons. The van der Waals surface area contributed by atoms with E-state index in [0.29, 0.717) is 18.0 Å². The maximum Gasteiger partial charge on any atom is 0.257 e. The minimum atomic E-state index is 0.0773. The molecule has 1 aromatic carbocycles. The molecule has 2 N–H and O–H groups in total. The number of nitrogens with two attached hydrogens (primary N) is 1. The topological polar surface area (TPSA) is 55.6 Å². The summed E-state index contributed by atoms with van der Waals surface area (Å²) in [4.78, 5) is 14.8. The molecule has 4 rings (SSSR count). The number of hydrogen-bond acceptors (Lipinski definition) is 3. The second-order valence-electron chi connectivity index (χ2n) is 7.04. The van der Waals surface area contributed by atoms with E-state index in [9.17, 15) is 4.79 Å². The van der Waals surface area contributed by atoms with Crippen LogP contribution in [-0.2, 0) is 0 Å². The Labute approximate surface area is 131 Å². The SMILES string of the molecule is NC1CN(C(=O)c2ccccc2OC2CCC2)CC1C1CC1. The highest BCUT2D eigenvalue weighted by atomic mass is 16.5. The number of carbonyl (C=O) groups is 1. The van der Waals surface area contributed by atoms with Gasteiger partial charge in [0.05, 0.1) is 11.7 Å². The van der Waals surface area contributed by atoms with E-state index < -0.39 is 0 Å². The molecule has 3 fully saturated rings. The molecule has 118 valence electrons. The van der Waals surface area contributed by atoms with Gasteiger partial charge in [0, 0.05) is 19.1 Å². The summed E-state index contributed by atoms with van der Waals surface area (Å²) in [5.41, 5.74) is 6.94. The molecule has 2 saturated carbocycles. The Morgan fingerprint density at radius 2 is 1.91 bits per heavy atom. The Hall–Kier alpha value is -1.55. The fraction of sp³-hybridized carbons (Fsp3) is 0.611. The highest BCUT2D eigenvalue weighted by Crippen LogP contribution is 2.41. The smallest absolute Gasteiger partial charge is 0.257 e. The van der Waals surface area contributed by atoms with Crippen molar-refractivity contribution < 1.29 is 9.53 Å². The summed E-state index contributed by atoms with van der Waals surface area (Å²) < 4.78 is 6.00. The minimum absolute atomic E-state index is 0.0773. The summed E-state index contributed by atoms with van der Waals surface area (Å²) in [6.45, 7) is 1.49. The Morgan fingerprint density at radius 3 is 2.59 bits per heavy atom. The lowest BCUT2D eigenvalue weighted by Gasteiger charge is -2.28. The first-order valence-electron chi connectivity index (χ1n) is 8.53. The van der Waals surface area contributed by atoms with Gasteiger partial charge in [-0.15, -0.1) is 0 Å². The van der Waals surface area contributed by atoms with Gasteiger partial charge in [-0.2, -0.15) is 0 Å². The third-order valence-electron chi connectivity index (χ3n) is 5.39. The Kier molecular flexibility index (Phi) is 3.57. The van der Waals surface area contributed by atoms with Gasteiger partial charge in [-0.25, -0.2) is 0 Å². The molecule has 0 bridgehead atoms. The zero-order valence-electron chi connectivity index (χ0n) is 12.9. The zero-order valence-corrected chi connectivity index (χ0v) is 12.9. The third kappa shape index (κ3) is 2.60. The third-order valence-corrected chi connectivity index (χ3v) is 5.39. The normalized spacial score (nSPS) is 28.5. The summed E-state index contributed by atoms with van der Waals surface area (Å²) in [7, 11) is 0. The predicted octanol–water partition coefficient (Wildman–Crippen LogP) is 2.43. The molecule has 2 aliphatic carbocycles. The van der Waals surface area contributed by atoms with E-state index in [2.05, 4.69) is 0 Å². The molecule has 1 aliphatic heterocycles. The van der Waals surface area contributed by atoms with Crippen molar-refractivity contribution in [3.8, 4) is 5.75 Å². The van der Waals surface area contributed by atoms with Gasteiger partial charge in [0.2, 0.25) is 0 Å². The van der Waals surface area contributed by atoms with E-state index in [1.807, 2.05) is 29.2 Å². The number of benzene rings is 1. The van der Waals surface area contributed by atoms with Gasteiger partial charge < -0.3 is 15.4 Å². The quantitative estimate of drug-likeness (QED) is 0.929. The number of amides is 1. The molecule has 4 heteroatoms. The Balaban J connectivity index is 1.50. The summed E-state index contributed by atoms with van der Waals surface area (Å²) in [5.74, 6) is 2.05. The number of nitrogens with zero attached hydrogens (tertiary/aromatic N) is 1. The van der Waals surface area contributed by atoms with Crippen LogP contribution in [0, 0.1) is 11.8 Å². The van der Waals surface area contributed by atoms with Gasteiger partial charge in [0.25, 0.3) is 5.91 Å². The van der Waals surface area contributed by atoms with Gasteiger partial charge >= 0.3 is 0 Å². The Morgan fingerprint density at radius 1 is 1.14 bits per heavy atom.